The van der Waals surface area contributed by atoms with Gasteiger partial charge < -0.3 is 5.32 Å². The van der Waals surface area contributed by atoms with E-state index >= 15 is 0 Å². The first-order valence-corrected chi connectivity index (χ1v) is 9.48. The number of benzene rings is 2. The smallest absolute Gasteiger partial charge is 0.325 e. The van der Waals surface area contributed by atoms with Crippen LogP contribution in [0.15, 0.2) is 58.1 Å². The highest BCUT2D eigenvalue weighted by molar-refractivity contribution is 5.95. The van der Waals surface area contributed by atoms with Crippen molar-refractivity contribution in [1.29, 1.82) is 0 Å². The number of para-hydroxylation sites is 1. The van der Waals surface area contributed by atoms with Crippen molar-refractivity contribution in [3.63, 3.8) is 0 Å². The maximum atomic E-state index is 13.0. The number of carbonyl (C=O) groups excluding carboxylic acids is 2. The second-order valence-corrected chi connectivity index (χ2v) is 7.00. The third-order valence-electron chi connectivity index (χ3n) is 4.99. The molecule has 1 aromatic heterocycles. The van der Waals surface area contributed by atoms with Crippen molar-refractivity contribution in [3.05, 3.63) is 74.9 Å². The first-order chi connectivity index (χ1) is 13.8. The summed E-state index contributed by atoms with van der Waals surface area (Å²) < 4.78 is 2.53. The number of hydrogen-bond acceptors (Lipinski definition) is 4. The maximum Gasteiger partial charge on any atom is 0.332 e. The first-order valence-electron chi connectivity index (χ1n) is 9.48. The molecule has 3 aromatic rings. The number of nitrogens with one attached hydrogen (secondary N) is 1. The van der Waals surface area contributed by atoms with Crippen molar-refractivity contribution in [3.8, 4) is 0 Å². The van der Waals surface area contributed by atoms with Crippen LogP contribution >= 0.6 is 0 Å². The van der Waals surface area contributed by atoms with Gasteiger partial charge in [-0.05, 0) is 56.7 Å². The van der Waals surface area contributed by atoms with Crippen LogP contribution in [0.4, 0.5) is 5.69 Å². The van der Waals surface area contributed by atoms with Crippen molar-refractivity contribution in [2.24, 2.45) is 0 Å². The number of rotatable bonds is 6. The van der Waals surface area contributed by atoms with E-state index < -0.39 is 11.6 Å². The highest BCUT2D eigenvalue weighted by Gasteiger charge is 2.18. The quantitative estimate of drug-likeness (QED) is 0.652. The minimum Gasteiger partial charge on any atom is -0.325 e. The summed E-state index contributed by atoms with van der Waals surface area (Å²) in [4.78, 5) is 49.8. The van der Waals surface area contributed by atoms with Crippen LogP contribution in [-0.4, -0.2) is 20.8 Å². The molecule has 7 nitrogen and oxygen atoms in total. The molecule has 2 aromatic carbocycles. The summed E-state index contributed by atoms with van der Waals surface area (Å²) >= 11 is 0. The third-order valence-corrected chi connectivity index (χ3v) is 4.99. The fourth-order valence-corrected chi connectivity index (χ4v) is 3.20. The number of aromatic nitrogens is 2. The molecule has 0 fully saturated rings. The third kappa shape index (κ3) is 4.03. The van der Waals surface area contributed by atoms with E-state index in [1.807, 2.05) is 6.92 Å². The molecule has 1 amide bonds. The van der Waals surface area contributed by atoms with Gasteiger partial charge in [0.25, 0.3) is 5.56 Å². The molecule has 7 heteroatoms. The SMILES string of the molecule is CCC(C)n1c(=O)c2ccccc2n(CC(=O)Nc2ccc(C(C)=O)cc2)c1=O. The summed E-state index contributed by atoms with van der Waals surface area (Å²) in [5.74, 6) is -0.463. The Kier molecular flexibility index (Phi) is 5.77. The summed E-state index contributed by atoms with van der Waals surface area (Å²) in [6.45, 7) is 4.94. The maximum absolute atomic E-state index is 13.0. The first kappa shape index (κ1) is 20.3. The van der Waals surface area contributed by atoms with E-state index in [0.29, 0.717) is 28.6 Å². The number of hydrogen-bond donors (Lipinski definition) is 1. The molecule has 0 radical (unpaired) electrons. The number of carbonyl (C=O) groups is 2. The molecule has 0 saturated carbocycles. The van der Waals surface area contributed by atoms with Crippen LogP contribution < -0.4 is 16.6 Å². The van der Waals surface area contributed by atoms with Gasteiger partial charge in [0.15, 0.2) is 5.78 Å². The van der Waals surface area contributed by atoms with Crippen molar-refractivity contribution < 1.29 is 9.59 Å². The van der Waals surface area contributed by atoms with Crippen molar-refractivity contribution >= 4 is 28.3 Å². The van der Waals surface area contributed by atoms with Gasteiger partial charge in [-0.2, -0.15) is 0 Å². The lowest BCUT2D eigenvalue weighted by Crippen LogP contribution is -2.43. The minimum absolute atomic E-state index is 0.0619. The molecule has 1 atom stereocenters. The van der Waals surface area contributed by atoms with Gasteiger partial charge in [-0.25, -0.2) is 4.79 Å². The van der Waals surface area contributed by atoms with E-state index in [0.717, 1.165) is 0 Å². The fourth-order valence-electron chi connectivity index (χ4n) is 3.20. The Morgan fingerprint density at radius 2 is 1.69 bits per heavy atom. The zero-order valence-corrected chi connectivity index (χ0v) is 16.6. The lowest BCUT2D eigenvalue weighted by Gasteiger charge is -2.17. The van der Waals surface area contributed by atoms with Gasteiger partial charge in [-0.3, -0.25) is 23.5 Å². The molecule has 0 aliphatic rings. The van der Waals surface area contributed by atoms with E-state index in [9.17, 15) is 19.2 Å². The summed E-state index contributed by atoms with van der Waals surface area (Å²) in [6.07, 6.45) is 0.613. The van der Waals surface area contributed by atoms with Crippen molar-refractivity contribution in [1.82, 2.24) is 9.13 Å². The zero-order valence-electron chi connectivity index (χ0n) is 16.6. The topological polar surface area (TPSA) is 90.2 Å². The average Bonchev–Trinajstić information content (AvgIpc) is 2.71. The molecule has 0 aliphatic heterocycles. The van der Waals surface area contributed by atoms with E-state index in [-0.39, 0.29) is 23.9 Å². The molecule has 0 saturated heterocycles. The standard InChI is InChI=1S/C22H23N3O4/c1-4-14(2)25-21(28)18-7-5-6-8-19(18)24(22(25)29)13-20(27)23-17-11-9-16(10-12-17)15(3)26/h5-12,14H,4,13H2,1-3H3,(H,23,27). The molecule has 1 N–H and O–H groups in total. The Labute approximate surface area is 167 Å². The Bertz CT molecular complexity index is 1190. The summed E-state index contributed by atoms with van der Waals surface area (Å²) in [7, 11) is 0. The molecule has 150 valence electrons. The molecule has 0 bridgehead atoms. The monoisotopic (exact) mass is 393 g/mol. The zero-order chi connectivity index (χ0) is 21.1. The van der Waals surface area contributed by atoms with Crippen LogP contribution in [0.3, 0.4) is 0 Å². The van der Waals surface area contributed by atoms with Crippen LogP contribution in [-0.2, 0) is 11.3 Å². The van der Waals surface area contributed by atoms with Crippen LogP contribution in [0.25, 0.3) is 10.9 Å². The Morgan fingerprint density at radius 3 is 2.31 bits per heavy atom. The van der Waals surface area contributed by atoms with E-state index in [2.05, 4.69) is 5.32 Å². The average molecular weight is 393 g/mol. The van der Waals surface area contributed by atoms with Gasteiger partial charge in [0.05, 0.1) is 10.9 Å². The van der Waals surface area contributed by atoms with Gasteiger partial charge in [-0.15, -0.1) is 0 Å². The van der Waals surface area contributed by atoms with Gasteiger partial charge in [0.1, 0.15) is 6.54 Å². The molecule has 1 unspecified atom stereocenters. The highest BCUT2D eigenvalue weighted by atomic mass is 16.2. The van der Waals surface area contributed by atoms with Crippen molar-refractivity contribution in [2.75, 3.05) is 5.32 Å². The van der Waals surface area contributed by atoms with Crippen LogP contribution in [0.1, 0.15) is 43.6 Å². The fraction of sp³-hybridized carbons (Fsp3) is 0.273. The van der Waals surface area contributed by atoms with E-state index in [1.54, 1.807) is 55.5 Å². The molecule has 1 heterocycles. The number of Topliss-reactive ketones (excluding diaryl/α,β-unsaturated/α-hetero) is 1. The van der Waals surface area contributed by atoms with Gasteiger partial charge in [-0.1, -0.05) is 19.1 Å². The summed E-state index contributed by atoms with van der Waals surface area (Å²) in [6, 6.07) is 13.0. The lowest BCUT2D eigenvalue weighted by molar-refractivity contribution is -0.116. The van der Waals surface area contributed by atoms with Crippen LogP contribution in [0.5, 0.6) is 0 Å². The van der Waals surface area contributed by atoms with Crippen LogP contribution in [0, 0.1) is 0 Å². The van der Waals surface area contributed by atoms with E-state index in [1.165, 1.54) is 16.1 Å². The molecular weight excluding hydrogens is 370 g/mol. The molecule has 0 aliphatic carbocycles. The highest BCUT2D eigenvalue weighted by Crippen LogP contribution is 2.13. The number of amides is 1. The second-order valence-electron chi connectivity index (χ2n) is 7.00. The largest absolute Gasteiger partial charge is 0.332 e. The number of fused-ring (bicyclic) bond motifs is 1. The van der Waals surface area contributed by atoms with Gasteiger partial charge >= 0.3 is 5.69 Å². The van der Waals surface area contributed by atoms with Gasteiger partial charge in [0, 0.05) is 17.3 Å². The number of nitrogens with zero attached hydrogens (tertiary/aromatic N) is 2. The van der Waals surface area contributed by atoms with Crippen LogP contribution in [0.2, 0.25) is 0 Å². The predicted molar refractivity (Wildman–Crippen MR) is 113 cm³/mol. The minimum atomic E-state index is -0.509. The van der Waals surface area contributed by atoms with E-state index in [4.69, 9.17) is 0 Å². The van der Waals surface area contributed by atoms with Crippen molar-refractivity contribution in [2.45, 2.75) is 39.8 Å². The normalized spacial score (nSPS) is 12.0. The molecule has 0 spiro atoms. The Hall–Kier alpha value is -3.48. The van der Waals surface area contributed by atoms with Gasteiger partial charge in [0.2, 0.25) is 5.91 Å². The number of ketones is 1. The molecular formula is C22H23N3O4. The summed E-state index contributed by atoms with van der Waals surface area (Å²) in [5, 5.41) is 3.12. The lowest BCUT2D eigenvalue weighted by atomic mass is 10.1. The summed E-state index contributed by atoms with van der Waals surface area (Å²) in [5.41, 5.74) is 0.629. The Balaban J connectivity index is 1.99. The predicted octanol–water partition coefficient (Wildman–Crippen LogP) is 2.98. The Morgan fingerprint density at radius 1 is 1.03 bits per heavy atom. The number of anilines is 1. The second kappa shape index (κ2) is 8.26. The molecule has 3 rings (SSSR count). The molecule has 29 heavy (non-hydrogen) atoms.